The molecule has 3 nitrogen and oxygen atoms in total. The molecule has 0 saturated carbocycles. The fraction of sp³-hybridized carbons (Fsp3) is 0.182. The zero-order chi connectivity index (χ0) is 11.0. The van der Waals surface area contributed by atoms with Gasteiger partial charge in [-0.05, 0) is 6.07 Å². The van der Waals surface area contributed by atoms with Crippen molar-refractivity contribution >= 4 is 28.5 Å². The summed E-state index contributed by atoms with van der Waals surface area (Å²) in [5.74, 6) is -0.872. The van der Waals surface area contributed by atoms with Crippen molar-refractivity contribution in [1.82, 2.24) is 4.57 Å². The highest BCUT2D eigenvalue weighted by Gasteiger charge is 2.14. The van der Waals surface area contributed by atoms with Gasteiger partial charge in [-0.15, -0.1) is 0 Å². The molecule has 0 radical (unpaired) electrons. The minimum absolute atomic E-state index is 0.0516. The predicted octanol–water partition coefficient (Wildman–Crippen LogP) is 2.46. The highest BCUT2D eigenvalue weighted by atomic mass is 35.5. The average molecular weight is 224 g/mol. The Kier molecular flexibility index (Phi) is 2.40. The van der Waals surface area contributed by atoms with Crippen molar-refractivity contribution in [3.8, 4) is 0 Å². The van der Waals surface area contributed by atoms with Gasteiger partial charge in [0.1, 0.15) is 0 Å². The number of carboxylic acid groups (broad SMARTS) is 1. The van der Waals surface area contributed by atoms with Gasteiger partial charge in [0.25, 0.3) is 0 Å². The maximum Gasteiger partial charge on any atom is 0.309 e. The summed E-state index contributed by atoms with van der Waals surface area (Å²) in [5, 5.41) is 10.2. The summed E-state index contributed by atoms with van der Waals surface area (Å²) < 4.78 is 1.83. The summed E-state index contributed by atoms with van der Waals surface area (Å²) in [6.45, 7) is 0. The number of aromatic nitrogens is 1. The van der Waals surface area contributed by atoms with Crippen LogP contribution in [-0.2, 0) is 18.3 Å². The monoisotopic (exact) mass is 223 g/mol. The third kappa shape index (κ3) is 1.59. The van der Waals surface area contributed by atoms with Gasteiger partial charge >= 0.3 is 5.97 Å². The fourth-order valence-electron chi connectivity index (χ4n) is 1.74. The number of hydrogen-bond acceptors (Lipinski definition) is 1. The number of nitrogens with zero attached hydrogens (tertiary/aromatic N) is 1. The standard InChI is InChI=1S/C11H10ClNO2/c1-13-8-5-3-2-4-7(8)11(12)9(13)6-10(14)15/h2-5H,6H2,1H3,(H,14,15). The van der Waals surface area contributed by atoms with Crippen LogP contribution in [0, 0.1) is 0 Å². The number of benzene rings is 1. The summed E-state index contributed by atoms with van der Waals surface area (Å²) in [7, 11) is 1.83. The molecule has 0 unspecified atom stereocenters. The molecule has 1 N–H and O–H groups in total. The lowest BCUT2D eigenvalue weighted by Crippen LogP contribution is -2.05. The minimum Gasteiger partial charge on any atom is -0.481 e. The van der Waals surface area contributed by atoms with Gasteiger partial charge in [0.15, 0.2) is 0 Å². The Morgan fingerprint density at radius 3 is 2.73 bits per heavy atom. The first-order valence-corrected chi connectivity index (χ1v) is 4.92. The fourth-order valence-corrected chi connectivity index (χ4v) is 2.09. The van der Waals surface area contributed by atoms with Crippen LogP contribution in [0.4, 0.5) is 0 Å². The number of para-hydroxylation sites is 1. The van der Waals surface area contributed by atoms with Crippen LogP contribution in [0.2, 0.25) is 5.02 Å². The van der Waals surface area contributed by atoms with Crippen molar-refractivity contribution < 1.29 is 9.90 Å². The Labute approximate surface area is 91.9 Å². The maximum absolute atomic E-state index is 10.7. The second kappa shape index (κ2) is 3.59. The molecule has 1 aromatic heterocycles. The van der Waals surface area contributed by atoms with Crippen LogP contribution < -0.4 is 0 Å². The molecular formula is C11H10ClNO2. The van der Waals surface area contributed by atoms with E-state index in [4.69, 9.17) is 16.7 Å². The molecule has 15 heavy (non-hydrogen) atoms. The molecule has 1 aromatic carbocycles. The SMILES string of the molecule is Cn1c(CC(=O)O)c(Cl)c2ccccc21. The van der Waals surface area contributed by atoms with Crippen molar-refractivity contribution in [2.45, 2.75) is 6.42 Å². The Bertz CT molecular complexity index is 492. The normalized spacial score (nSPS) is 10.8. The number of fused-ring (bicyclic) bond motifs is 1. The molecule has 0 aliphatic carbocycles. The van der Waals surface area contributed by atoms with Gasteiger partial charge in [-0.2, -0.15) is 0 Å². The predicted molar refractivity (Wildman–Crippen MR) is 59.3 cm³/mol. The number of carbonyl (C=O) groups is 1. The minimum atomic E-state index is -0.872. The lowest BCUT2D eigenvalue weighted by Gasteiger charge is -2.00. The molecule has 2 aromatic rings. The number of aryl methyl sites for hydroxylation is 1. The van der Waals surface area contributed by atoms with Crippen LogP contribution in [0.15, 0.2) is 24.3 Å². The topological polar surface area (TPSA) is 42.2 Å². The number of hydrogen-bond donors (Lipinski definition) is 1. The molecule has 0 amide bonds. The maximum atomic E-state index is 10.7. The molecule has 0 bridgehead atoms. The highest BCUT2D eigenvalue weighted by Crippen LogP contribution is 2.29. The van der Waals surface area contributed by atoms with E-state index in [0.717, 1.165) is 10.9 Å². The molecular weight excluding hydrogens is 214 g/mol. The Morgan fingerprint density at radius 2 is 2.13 bits per heavy atom. The number of carboxylic acids is 1. The van der Waals surface area contributed by atoms with Crippen LogP contribution in [-0.4, -0.2) is 15.6 Å². The van der Waals surface area contributed by atoms with Gasteiger partial charge in [0.05, 0.1) is 11.4 Å². The smallest absolute Gasteiger partial charge is 0.309 e. The molecule has 0 aliphatic rings. The molecule has 0 aliphatic heterocycles. The Morgan fingerprint density at radius 1 is 1.47 bits per heavy atom. The van der Waals surface area contributed by atoms with E-state index < -0.39 is 5.97 Å². The van der Waals surface area contributed by atoms with Crippen molar-refractivity contribution in [2.75, 3.05) is 0 Å². The summed E-state index contributed by atoms with van der Waals surface area (Å²) in [4.78, 5) is 10.7. The zero-order valence-electron chi connectivity index (χ0n) is 8.20. The van der Waals surface area contributed by atoms with E-state index in [2.05, 4.69) is 0 Å². The van der Waals surface area contributed by atoms with Crippen molar-refractivity contribution in [1.29, 1.82) is 0 Å². The molecule has 0 fully saturated rings. The molecule has 0 saturated heterocycles. The third-order valence-corrected chi connectivity index (χ3v) is 2.90. The number of halogens is 1. The van der Waals surface area contributed by atoms with Gasteiger partial charge in [-0.3, -0.25) is 4.79 Å². The average Bonchev–Trinajstić information content (AvgIpc) is 2.44. The van der Waals surface area contributed by atoms with E-state index in [1.54, 1.807) is 0 Å². The second-order valence-electron chi connectivity index (χ2n) is 3.41. The molecule has 2 rings (SSSR count). The van der Waals surface area contributed by atoms with Gasteiger partial charge in [-0.25, -0.2) is 0 Å². The third-order valence-electron chi connectivity index (χ3n) is 2.48. The lowest BCUT2D eigenvalue weighted by atomic mass is 10.2. The lowest BCUT2D eigenvalue weighted by molar-refractivity contribution is -0.136. The first-order valence-electron chi connectivity index (χ1n) is 4.55. The van der Waals surface area contributed by atoms with Crippen molar-refractivity contribution in [3.63, 3.8) is 0 Å². The number of aliphatic carboxylic acids is 1. The first-order chi connectivity index (χ1) is 7.11. The quantitative estimate of drug-likeness (QED) is 0.850. The van der Waals surface area contributed by atoms with E-state index in [0.29, 0.717) is 10.7 Å². The van der Waals surface area contributed by atoms with Gasteiger partial charge in [0.2, 0.25) is 0 Å². The zero-order valence-corrected chi connectivity index (χ0v) is 8.95. The van der Waals surface area contributed by atoms with E-state index in [1.807, 2.05) is 35.9 Å². The molecule has 1 heterocycles. The van der Waals surface area contributed by atoms with E-state index in [1.165, 1.54) is 0 Å². The van der Waals surface area contributed by atoms with Crippen molar-refractivity contribution in [2.24, 2.45) is 7.05 Å². The largest absolute Gasteiger partial charge is 0.481 e. The first kappa shape index (κ1) is 10.1. The van der Waals surface area contributed by atoms with Gasteiger partial charge in [-0.1, -0.05) is 29.8 Å². The highest BCUT2D eigenvalue weighted by molar-refractivity contribution is 6.36. The molecule has 0 atom stereocenters. The summed E-state index contributed by atoms with van der Waals surface area (Å²) in [6, 6.07) is 7.61. The Balaban J connectivity index is 2.69. The van der Waals surface area contributed by atoms with E-state index in [9.17, 15) is 4.79 Å². The summed E-state index contributed by atoms with van der Waals surface area (Å²) in [6.07, 6.45) is -0.0516. The summed E-state index contributed by atoms with van der Waals surface area (Å²) >= 11 is 6.12. The van der Waals surface area contributed by atoms with Gasteiger partial charge < -0.3 is 9.67 Å². The van der Waals surface area contributed by atoms with Crippen LogP contribution in [0.3, 0.4) is 0 Å². The van der Waals surface area contributed by atoms with E-state index >= 15 is 0 Å². The second-order valence-corrected chi connectivity index (χ2v) is 3.79. The Hall–Kier alpha value is -1.48. The van der Waals surface area contributed by atoms with E-state index in [-0.39, 0.29) is 6.42 Å². The summed E-state index contributed by atoms with van der Waals surface area (Å²) in [5.41, 5.74) is 1.60. The molecule has 0 spiro atoms. The number of rotatable bonds is 2. The van der Waals surface area contributed by atoms with Crippen LogP contribution in [0.25, 0.3) is 10.9 Å². The van der Waals surface area contributed by atoms with Crippen LogP contribution in [0.1, 0.15) is 5.69 Å². The van der Waals surface area contributed by atoms with Crippen molar-refractivity contribution in [3.05, 3.63) is 35.0 Å². The van der Waals surface area contributed by atoms with Crippen LogP contribution in [0.5, 0.6) is 0 Å². The van der Waals surface area contributed by atoms with Crippen LogP contribution >= 0.6 is 11.6 Å². The van der Waals surface area contributed by atoms with Gasteiger partial charge in [0, 0.05) is 23.6 Å². The molecule has 78 valence electrons. The molecule has 4 heteroatoms.